The maximum absolute atomic E-state index is 14.8. The van der Waals surface area contributed by atoms with Crippen LogP contribution in [0.5, 0.6) is 0 Å². The van der Waals surface area contributed by atoms with E-state index in [9.17, 15) is 28.2 Å². The van der Waals surface area contributed by atoms with E-state index in [-0.39, 0.29) is 40.1 Å². The number of amides is 2. The van der Waals surface area contributed by atoms with Gasteiger partial charge in [-0.25, -0.2) is 14.9 Å². The second-order valence-electron chi connectivity index (χ2n) is 16.8. The minimum atomic E-state index is -1.92. The minimum Gasteiger partial charge on any atom is -0.448 e. The molecule has 9 rings (SSSR count). The summed E-state index contributed by atoms with van der Waals surface area (Å²) in [6.45, 7) is -0.185. The largest absolute Gasteiger partial charge is 0.448 e. The molecule has 0 radical (unpaired) electrons. The molecule has 3 atom stereocenters. The molecule has 75 heavy (non-hydrogen) atoms. The molecule has 382 valence electrons. The highest BCUT2D eigenvalue weighted by Gasteiger charge is 2.57. The first kappa shape index (κ1) is 51.8. The van der Waals surface area contributed by atoms with Gasteiger partial charge in [0.1, 0.15) is 35.5 Å². The van der Waals surface area contributed by atoms with Crippen molar-refractivity contribution in [2.24, 2.45) is 5.16 Å². The number of carbonyl (C=O) groups excluding carboxylic acids is 3. The SMILES string of the molecule is CON=C(C(=O)NC1C(=O)N2C(C(=O)OC(c3ccccc3)c3ccccc3)=C(C=CSc3n[nH]c(=O)c(=O)n3CC(OC)OC)CS(=O)C12)c1csc(NC(c2ccccc2)(c2ccccc2)c2ccccc2)n1. The predicted molar refractivity (Wildman–Crippen MR) is 284 cm³/mol. The Morgan fingerprint density at radius 2 is 1.39 bits per heavy atom. The van der Waals surface area contributed by atoms with Crippen LogP contribution in [0.1, 0.15) is 39.6 Å². The van der Waals surface area contributed by atoms with Gasteiger partial charge in [0.25, 0.3) is 11.8 Å². The molecule has 21 heteroatoms. The fraction of sp³-hybridized carbons (Fsp3) is 0.185. The van der Waals surface area contributed by atoms with Gasteiger partial charge in [0.15, 0.2) is 28.4 Å². The van der Waals surface area contributed by atoms with Gasteiger partial charge in [-0.3, -0.25) is 32.9 Å². The number of thiazole rings is 1. The quantitative estimate of drug-likeness (QED) is 0.0115. The van der Waals surface area contributed by atoms with E-state index >= 15 is 0 Å². The Hall–Kier alpha value is -8.08. The Labute approximate surface area is 440 Å². The van der Waals surface area contributed by atoms with E-state index in [2.05, 4.69) is 26.0 Å². The molecule has 2 aromatic heterocycles. The van der Waals surface area contributed by atoms with Gasteiger partial charge in [-0.05, 0) is 44.9 Å². The van der Waals surface area contributed by atoms with Crippen LogP contribution in [0.4, 0.5) is 5.13 Å². The van der Waals surface area contributed by atoms with Gasteiger partial charge in [0.05, 0.1) is 23.1 Å². The summed E-state index contributed by atoms with van der Waals surface area (Å²) in [4.78, 5) is 80.0. The van der Waals surface area contributed by atoms with E-state index in [1.807, 2.05) is 103 Å². The van der Waals surface area contributed by atoms with Crippen LogP contribution >= 0.6 is 23.1 Å². The number of benzene rings is 5. The summed E-state index contributed by atoms with van der Waals surface area (Å²) < 4.78 is 32.2. The molecule has 1 saturated heterocycles. The van der Waals surface area contributed by atoms with Crippen molar-refractivity contribution in [1.29, 1.82) is 0 Å². The van der Waals surface area contributed by atoms with E-state index in [1.165, 1.54) is 44.2 Å². The highest BCUT2D eigenvalue weighted by atomic mass is 32.2. The fourth-order valence-electron chi connectivity index (χ4n) is 8.79. The van der Waals surface area contributed by atoms with Crippen molar-refractivity contribution in [3.05, 3.63) is 234 Å². The number of hydrogen-bond acceptors (Lipinski definition) is 16. The van der Waals surface area contributed by atoms with Crippen LogP contribution in [-0.4, -0.2) is 97.1 Å². The van der Waals surface area contributed by atoms with Crippen molar-refractivity contribution in [3.63, 3.8) is 0 Å². The maximum Gasteiger partial charge on any atom is 0.356 e. The van der Waals surface area contributed by atoms with Gasteiger partial charge in [0.2, 0.25) is 0 Å². The lowest BCUT2D eigenvalue weighted by Gasteiger charge is -2.49. The minimum absolute atomic E-state index is 0.0324. The molecule has 1 fully saturated rings. The number of oxime groups is 1. The number of aromatic nitrogens is 4. The molecule has 5 aromatic carbocycles. The smallest absolute Gasteiger partial charge is 0.356 e. The van der Waals surface area contributed by atoms with Crippen LogP contribution in [0, 0.1) is 0 Å². The van der Waals surface area contributed by atoms with Crippen LogP contribution in [0.3, 0.4) is 0 Å². The molecule has 2 aliphatic rings. The first-order chi connectivity index (χ1) is 36.6. The zero-order chi connectivity index (χ0) is 52.5. The zero-order valence-corrected chi connectivity index (χ0v) is 42.9. The average molecular weight is 1070 g/mol. The van der Waals surface area contributed by atoms with Crippen molar-refractivity contribution >= 4 is 62.5 Å². The van der Waals surface area contributed by atoms with Crippen molar-refractivity contribution in [1.82, 2.24) is 30.0 Å². The lowest BCUT2D eigenvalue weighted by molar-refractivity contribution is -0.154. The third-order valence-electron chi connectivity index (χ3n) is 12.3. The van der Waals surface area contributed by atoms with Crippen LogP contribution in [0.2, 0.25) is 0 Å². The number of β-lactam (4-membered cyclic amide) rings is 1. The Morgan fingerprint density at radius 1 is 0.840 bits per heavy atom. The number of thioether (sulfide) groups is 1. The highest BCUT2D eigenvalue weighted by molar-refractivity contribution is 8.02. The topological polar surface area (TPSA) is 225 Å². The maximum atomic E-state index is 14.8. The molecule has 0 bridgehead atoms. The van der Waals surface area contributed by atoms with Crippen molar-refractivity contribution in [2.75, 3.05) is 32.4 Å². The summed E-state index contributed by atoms with van der Waals surface area (Å²) in [6, 6.07) is 46.4. The molecule has 2 amide bonds. The average Bonchev–Trinajstić information content (AvgIpc) is 3.94. The number of ether oxygens (including phenoxy) is 3. The number of fused-ring (bicyclic) bond motifs is 1. The molecule has 3 N–H and O–H groups in total. The van der Waals surface area contributed by atoms with Gasteiger partial charge < -0.3 is 29.7 Å². The second-order valence-corrected chi connectivity index (χ2v) is 20.0. The lowest BCUT2D eigenvalue weighted by Crippen LogP contribution is -2.74. The van der Waals surface area contributed by atoms with Crippen molar-refractivity contribution in [3.8, 4) is 0 Å². The van der Waals surface area contributed by atoms with Crippen LogP contribution in [0.15, 0.2) is 200 Å². The molecular weight excluding hydrogens is 1020 g/mol. The number of carbonyl (C=O) groups is 3. The number of H-pyrrole nitrogens is 1. The zero-order valence-electron chi connectivity index (χ0n) is 40.4. The Morgan fingerprint density at radius 3 is 1.92 bits per heavy atom. The van der Waals surface area contributed by atoms with Gasteiger partial charge in [-0.1, -0.05) is 169 Å². The number of nitrogens with zero attached hydrogens (tertiary/aromatic N) is 5. The number of allylic oxidation sites excluding steroid dienone is 1. The Bertz CT molecular complexity index is 3270. The van der Waals surface area contributed by atoms with Crippen molar-refractivity contribution in [2.45, 2.75) is 41.0 Å². The molecule has 0 aliphatic carbocycles. The first-order valence-electron chi connectivity index (χ1n) is 23.2. The second kappa shape index (κ2) is 23.4. The van der Waals surface area contributed by atoms with E-state index < -0.39 is 69.1 Å². The van der Waals surface area contributed by atoms with Crippen LogP contribution in [0.25, 0.3) is 0 Å². The summed E-state index contributed by atoms with van der Waals surface area (Å²) in [5.74, 6) is -2.78. The molecule has 18 nitrogen and oxygen atoms in total. The van der Waals surface area contributed by atoms with E-state index in [1.54, 1.807) is 53.9 Å². The first-order valence-corrected chi connectivity index (χ1v) is 26.4. The standard InChI is InChI=1S/C54H48N8O10S3/c1-69-41(70-2)31-61-49(66)47(64)58-59-53(61)73-30-29-36-33-75(68)50-43(48(65)62(50)44(36)51(67)72-45(34-19-9-4-10-20-34)35-21-11-5-12-22-35)56-46(63)42(60-71-3)40-32-74-52(55-40)57-54(37-23-13-6-14-24-37,38-25-15-7-16-26-38)39-27-17-8-18-28-39/h4-30,32,41,43,45,50H,31,33H2,1-3H3,(H,55,57)(H,56,63)(H,58,64). The summed E-state index contributed by atoms with van der Waals surface area (Å²) >= 11 is 2.13. The summed E-state index contributed by atoms with van der Waals surface area (Å²) in [6.07, 6.45) is -0.371. The summed E-state index contributed by atoms with van der Waals surface area (Å²) in [5, 5.41) is 19.0. The van der Waals surface area contributed by atoms with E-state index in [0.717, 1.165) is 37.9 Å². The van der Waals surface area contributed by atoms with Gasteiger partial charge in [-0.2, -0.15) is 0 Å². The number of esters is 1. The Kier molecular flexibility index (Phi) is 16.2. The number of methoxy groups -OCH3 is 2. The summed E-state index contributed by atoms with van der Waals surface area (Å²) in [7, 11) is 2.10. The molecule has 2 aliphatic heterocycles. The van der Waals surface area contributed by atoms with E-state index in [0.29, 0.717) is 16.3 Å². The van der Waals surface area contributed by atoms with Gasteiger partial charge >= 0.3 is 17.1 Å². The molecule has 7 aromatic rings. The number of anilines is 1. The monoisotopic (exact) mass is 1060 g/mol. The highest BCUT2D eigenvalue weighted by Crippen LogP contribution is 2.42. The predicted octanol–water partition coefficient (Wildman–Crippen LogP) is 6.07. The number of rotatable bonds is 20. The van der Waals surface area contributed by atoms with Crippen LogP contribution in [-0.2, 0) is 56.3 Å². The third-order valence-corrected chi connectivity index (χ3v) is 15.5. The number of hydrogen-bond donors (Lipinski definition) is 3. The molecule has 0 saturated carbocycles. The number of nitrogens with one attached hydrogen (secondary N) is 3. The lowest BCUT2D eigenvalue weighted by atomic mass is 9.77. The number of aromatic amines is 1. The molecule has 3 unspecified atom stereocenters. The van der Waals surface area contributed by atoms with Crippen LogP contribution < -0.4 is 21.8 Å². The van der Waals surface area contributed by atoms with Crippen molar-refractivity contribution < 1.29 is 37.6 Å². The third kappa shape index (κ3) is 10.8. The molecule has 4 heterocycles. The van der Waals surface area contributed by atoms with Gasteiger partial charge in [-0.15, -0.1) is 16.4 Å². The summed E-state index contributed by atoms with van der Waals surface area (Å²) in [5.41, 5.74) is 1.04. The fourth-order valence-corrected chi connectivity index (χ4v) is 11.9. The normalized spacial score (nSPS) is 16.7. The Balaban J connectivity index is 1.02. The van der Waals surface area contributed by atoms with Gasteiger partial charge in [0, 0.05) is 19.6 Å². The molecular formula is C54H48N8O10S3. The molecule has 0 spiro atoms. The van der Waals surface area contributed by atoms with E-state index in [4.69, 9.17) is 24.0 Å².